The summed E-state index contributed by atoms with van der Waals surface area (Å²) in [6, 6.07) is 2.70. The van der Waals surface area contributed by atoms with Gasteiger partial charge < -0.3 is 14.6 Å². The smallest absolute Gasteiger partial charge is 0.268 e. The number of rotatable bonds is 4. The Morgan fingerprint density at radius 3 is 3.15 bits per heavy atom. The highest BCUT2D eigenvalue weighted by molar-refractivity contribution is 5.87. The number of aromatic nitrogens is 1. The van der Waals surface area contributed by atoms with Gasteiger partial charge in [0.1, 0.15) is 6.04 Å². The van der Waals surface area contributed by atoms with Gasteiger partial charge in [-0.1, -0.05) is 0 Å². The largest absolute Gasteiger partial charge is 0.462 e. The number of halogens is 2. The number of alkyl halides is 2. The number of amides is 1. The predicted octanol–water partition coefficient (Wildman–Crippen LogP) is 2.07. The summed E-state index contributed by atoms with van der Waals surface area (Å²) in [5.41, 5.74) is 1.52. The first-order valence-corrected chi connectivity index (χ1v) is 8.82. The lowest BCUT2D eigenvalue weighted by Crippen LogP contribution is -2.43. The molecule has 4 rings (SSSR count). The minimum atomic E-state index is -2.99. The lowest BCUT2D eigenvalue weighted by molar-refractivity contribution is -0.133. The van der Waals surface area contributed by atoms with Crippen molar-refractivity contribution in [2.45, 2.75) is 30.8 Å². The van der Waals surface area contributed by atoms with Gasteiger partial charge in [0.2, 0.25) is 5.91 Å². The molecule has 1 unspecified atom stereocenters. The Morgan fingerprint density at radius 2 is 2.33 bits per heavy atom. The molecule has 2 saturated heterocycles. The van der Waals surface area contributed by atoms with E-state index < -0.39 is 30.8 Å². The zero-order chi connectivity index (χ0) is 19.0. The summed E-state index contributed by atoms with van der Waals surface area (Å²) in [5.74, 6) is -3.41. The molecular formula is C18H19F2N5O2. The summed E-state index contributed by atoms with van der Waals surface area (Å²) in [5, 5.41) is 13.3. The number of nitrogens with one attached hydrogen (secondary N) is 1. The summed E-state index contributed by atoms with van der Waals surface area (Å²) < 4.78 is 32.5. The zero-order valence-corrected chi connectivity index (χ0v) is 14.6. The molecule has 2 fully saturated rings. The minimum Gasteiger partial charge on any atom is -0.462 e. The van der Waals surface area contributed by atoms with E-state index in [0.29, 0.717) is 13.1 Å². The second-order valence-electron chi connectivity index (χ2n) is 7.12. The molecule has 2 atom stereocenters. The molecule has 0 saturated carbocycles. The molecule has 1 amide bonds. The van der Waals surface area contributed by atoms with Gasteiger partial charge in [0.15, 0.2) is 5.58 Å². The van der Waals surface area contributed by atoms with Crippen molar-refractivity contribution in [3.8, 4) is 6.07 Å². The van der Waals surface area contributed by atoms with Crippen LogP contribution in [0.25, 0.3) is 11.0 Å². The number of carbonyl (C=O) groups is 1. The van der Waals surface area contributed by atoms with Crippen molar-refractivity contribution in [3.05, 3.63) is 24.7 Å². The number of nitriles is 1. The molecule has 142 valence electrons. The quantitative estimate of drug-likeness (QED) is 0.881. The monoisotopic (exact) mass is 375 g/mol. The van der Waals surface area contributed by atoms with Crippen LogP contribution in [0.15, 0.2) is 29.1 Å². The Kier molecular flexibility index (Phi) is 4.44. The third-order valence-corrected chi connectivity index (χ3v) is 5.09. The fraction of sp³-hybridized carbons (Fsp3) is 0.500. The highest BCUT2D eigenvalue weighted by atomic mass is 19.3. The molecule has 0 bridgehead atoms. The summed E-state index contributed by atoms with van der Waals surface area (Å²) in [4.78, 5) is 19.5. The standard InChI is InChI=1S/C18H19F2N5O2/c19-18(20)5-14(6-21)25(11-18)16(26)10-24-3-1-13(9-24)23-15-8-22-7-12-2-4-27-17(12)15/h2,4,7-8,13-14,23H,1,3,5,9-11H2/t13-,14?/m0/s1. The average Bonchev–Trinajstić information content (AvgIpc) is 3.33. The van der Waals surface area contributed by atoms with Crippen LogP contribution in [-0.4, -0.2) is 64.9 Å². The molecule has 0 aromatic carbocycles. The molecule has 27 heavy (non-hydrogen) atoms. The fourth-order valence-corrected chi connectivity index (χ4v) is 3.78. The molecule has 2 aliphatic heterocycles. The van der Waals surface area contributed by atoms with E-state index in [2.05, 4.69) is 10.3 Å². The number of carbonyl (C=O) groups excluding carboxylic acids is 1. The van der Waals surface area contributed by atoms with Crippen LogP contribution in [0, 0.1) is 11.3 Å². The summed E-state index contributed by atoms with van der Waals surface area (Å²) in [7, 11) is 0. The molecule has 0 spiro atoms. The Labute approximate surface area is 154 Å². The zero-order valence-electron chi connectivity index (χ0n) is 14.6. The van der Waals surface area contributed by atoms with Gasteiger partial charge >= 0.3 is 0 Å². The number of likely N-dealkylation sites (tertiary alicyclic amines) is 2. The van der Waals surface area contributed by atoms with Gasteiger partial charge in [-0.25, -0.2) is 8.78 Å². The lowest BCUT2D eigenvalue weighted by atomic mass is 10.2. The molecule has 0 radical (unpaired) electrons. The van der Waals surface area contributed by atoms with E-state index in [1.54, 1.807) is 18.7 Å². The Bertz CT molecular complexity index is 893. The van der Waals surface area contributed by atoms with Crippen LogP contribution < -0.4 is 5.32 Å². The minimum absolute atomic E-state index is 0.0373. The van der Waals surface area contributed by atoms with Crippen LogP contribution in [0.5, 0.6) is 0 Å². The number of anilines is 1. The molecule has 2 aromatic heterocycles. The topological polar surface area (TPSA) is 85.4 Å². The van der Waals surface area contributed by atoms with Gasteiger partial charge in [-0.05, 0) is 12.5 Å². The van der Waals surface area contributed by atoms with Crippen LogP contribution in [0.1, 0.15) is 12.8 Å². The number of nitrogens with zero attached hydrogens (tertiary/aromatic N) is 4. The Balaban J connectivity index is 1.35. The maximum atomic E-state index is 13.5. The average molecular weight is 375 g/mol. The van der Waals surface area contributed by atoms with E-state index in [1.807, 2.05) is 17.0 Å². The van der Waals surface area contributed by atoms with Crippen molar-refractivity contribution >= 4 is 22.6 Å². The first-order valence-electron chi connectivity index (χ1n) is 8.82. The van der Waals surface area contributed by atoms with E-state index in [-0.39, 0.29) is 12.6 Å². The van der Waals surface area contributed by atoms with E-state index in [1.165, 1.54) is 0 Å². The SMILES string of the molecule is N#CC1CC(F)(F)CN1C(=O)CN1CC[C@H](Nc2cncc3ccoc23)C1. The highest BCUT2D eigenvalue weighted by Crippen LogP contribution is 2.32. The molecule has 0 aliphatic carbocycles. The molecule has 2 aliphatic rings. The van der Waals surface area contributed by atoms with Crippen LogP contribution in [0.2, 0.25) is 0 Å². The molecule has 4 heterocycles. The number of hydrogen-bond acceptors (Lipinski definition) is 6. The molecular weight excluding hydrogens is 356 g/mol. The van der Waals surface area contributed by atoms with Crippen LogP contribution in [-0.2, 0) is 4.79 Å². The van der Waals surface area contributed by atoms with Gasteiger partial charge in [-0.2, -0.15) is 5.26 Å². The summed E-state index contributed by atoms with van der Waals surface area (Å²) in [6.07, 6.45) is 5.25. The summed E-state index contributed by atoms with van der Waals surface area (Å²) >= 11 is 0. The molecule has 7 nitrogen and oxygen atoms in total. The maximum absolute atomic E-state index is 13.5. The van der Waals surface area contributed by atoms with Crippen LogP contribution >= 0.6 is 0 Å². The van der Waals surface area contributed by atoms with Crippen molar-refractivity contribution in [1.29, 1.82) is 5.26 Å². The lowest BCUT2D eigenvalue weighted by Gasteiger charge is -2.23. The van der Waals surface area contributed by atoms with E-state index in [0.717, 1.165) is 28.0 Å². The van der Waals surface area contributed by atoms with Crippen LogP contribution in [0.3, 0.4) is 0 Å². The normalized spacial score (nSPS) is 25.0. The van der Waals surface area contributed by atoms with Crippen molar-refractivity contribution < 1.29 is 18.0 Å². The van der Waals surface area contributed by atoms with Gasteiger partial charge in [0, 0.05) is 37.1 Å². The summed E-state index contributed by atoms with van der Waals surface area (Å²) in [6.45, 7) is 0.637. The number of pyridine rings is 1. The second kappa shape index (κ2) is 6.78. The number of furan rings is 1. The van der Waals surface area contributed by atoms with Crippen molar-refractivity contribution in [3.63, 3.8) is 0 Å². The maximum Gasteiger partial charge on any atom is 0.268 e. The molecule has 2 aromatic rings. The van der Waals surface area contributed by atoms with E-state index in [4.69, 9.17) is 9.68 Å². The van der Waals surface area contributed by atoms with E-state index in [9.17, 15) is 13.6 Å². The first kappa shape index (κ1) is 17.7. The fourth-order valence-electron chi connectivity index (χ4n) is 3.78. The highest BCUT2D eigenvalue weighted by Gasteiger charge is 2.47. The third-order valence-electron chi connectivity index (χ3n) is 5.09. The van der Waals surface area contributed by atoms with Crippen LogP contribution in [0.4, 0.5) is 14.5 Å². The first-order chi connectivity index (χ1) is 12.9. The second-order valence-corrected chi connectivity index (χ2v) is 7.12. The molecule has 1 N–H and O–H groups in total. The number of hydrogen-bond donors (Lipinski definition) is 1. The van der Waals surface area contributed by atoms with Crippen molar-refractivity contribution in [1.82, 2.24) is 14.8 Å². The molecule has 9 heteroatoms. The van der Waals surface area contributed by atoms with E-state index >= 15 is 0 Å². The van der Waals surface area contributed by atoms with Gasteiger partial charge in [-0.3, -0.25) is 14.7 Å². The van der Waals surface area contributed by atoms with Crippen molar-refractivity contribution in [2.75, 3.05) is 31.5 Å². The predicted molar refractivity (Wildman–Crippen MR) is 93.2 cm³/mol. The van der Waals surface area contributed by atoms with Crippen molar-refractivity contribution in [2.24, 2.45) is 0 Å². The number of fused-ring (bicyclic) bond motifs is 1. The third kappa shape index (κ3) is 3.57. The Morgan fingerprint density at radius 1 is 1.48 bits per heavy atom. The van der Waals surface area contributed by atoms with Gasteiger partial charge in [0.05, 0.1) is 37.3 Å². The van der Waals surface area contributed by atoms with Gasteiger partial charge in [0.25, 0.3) is 5.92 Å². The van der Waals surface area contributed by atoms with Gasteiger partial charge in [-0.15, -0.1) is 0 Å². The Hall–Kier alpha value is -2.73.